The molecule has 0 amide bonds. The molecule has 17 heavy (non-hydrogen) atoms. The van der Waals surface area contributed by atoms with Crippen molar-refractivity contribution >= 4 is 16.7 Å². The molecule has 0 radical (unpaired) electrons. The Labute approximate surface area is 104 Å². The first-order valence-corrected chi connectivity index (χ1v) is 6.36. The summed E-state index contributed by atoms with van der Waals surface area (Å²) in [6.45, 7) is 2.81. The molecule has 90 valence electrons. The lowest BCUT2D eigenvalue weighted by Crippen LogP contribution is -2.04. The molecule has 0 saturated heterocycles. The summed E-state index contributed by atoms with van der Waals surface area (Å²) in [5, 5.41) is 4.06. The van der Waals surface area contributed by atoms with Crippen molar-refractivity contribution < 1.29 is 4.39 Å². The molecule has 1 N–H and O–H groups in total. The Morgan fingerprint density at radius 2 is 2.06 bits per heavy atom. The van der Waals surface area contributed by atoms with Gasteiger partial charge < -0.3 is 5.32 Å². The van der Waals surface area contributed by atoms with E-state index < -0.39 is 0 Å². The van der Waals surface area contributed by atoms with Crippen molar-refractivity contribution in [3.8, 4) is 0 Å². The number of aryl methyl sites for hydroxylation is 1. The molecule has 1 aromatic carbocycles. The number of nitrogens with zero attached hydrogens (tertiary/aromatic N) is 2. The predicted octanol–water partition coefficient (Wildman–Crippen LogP) is 2.89. The van der Waals surface area contributed by atoms with Gasteiger partial charge in [-0.3, -0.25) is 0 Å². The van der Waals surface area contributed by atoms with E-state index >= 15 is 0 Å². The van der Waals surface area contributed by atoms with Crippen LogP contribution in [0.2, 0.25) is 0 Å². The molecule has 0 aliphatic rings. The summed E-state index contributed by atoms with van der Waals surface area (Å²) in [7, 11) is 0. The molecule has 0 bridgehead atoms. The molecule has 3 nitrogen and oxygen atoms in total. The SMILES string of the molecule is CCc1nsc(NCCc2ccc(F)cc2)n1. The lowest BCUT2D eigenvalue weighted by molar-refractivity contribution is 0.627. The van der Waals surface area contributed by atoms with Crippen molar-refractivity contribution in [3.05, 3.63) is 41.5 Å². The number of rotatable bonds is 5. The Morgan fingerprint density at radius 3 is 2.71 bits per heavy atom. The quantitative estimate of drug-likeness (QED) is 0.888. The fourth-order valence-electron chi connectivity index (χ4n) is 1.43. The zero-order chi connectivity index (χ0) is 12.1. The monoisotopic (exact) mass is 251 g/mol. The Morgan fingerprint density at radius 1 is 1.29 bits per heavy atom. The van der Waals surface area contributed by atoms with Crippen LogP contribution in [-0.2, 0) is 12.8 Å². The average Bonchev–Trinajstić information content (AvgIpc) is 2.80. The maximum Gasteiger partial charge on any atom is 0.202 e. The molecular weight excluding hydrogens is 237 g/mol. The standard InChI is InChI=1S/C12H14FN3S/c1-2-11-15-12(17-16-11)14-8-7-9-3-5-10(13)6-4-9/h3-6H,2,7-8H2,1H3,(H,14,15,16). The van der Waals surface area contributed by atoms with Gasteiger partial charge in [-0.05, 0) is 24.1 Å². The number of anilines is 1. The Bertz CT molecular complexity index is 467. The van der Waals surface area contributed by atoms with Gasteiger partial charge in [-0.15, -0.1) is 0 Å². The van der Waals surface area contributed by atoms with Gasteiger partial charge in [0, 0.05) is 24.5 Å². The second kappa shape index (κ2) is 5.72. The van der Waals surface area contributed by atoms with Crippen LogP contribution in [-0.4, -0.2) is 15.9 Å². The normalized spacial score (nSPS) is 10.5. The molecule has 2 rings (SSSR count). The maximum absolute atomic E-state index is 12.7. The third kappa shape index (κ3) is 3.49. The van der Waals surface area contributed by atoms with Gasteiger partial charge >= 0.3 is 0 Å². The molecule has 0 atom stereocenters. The molecule has 1 aromatic heterocycles. The molecule has 5 heteroatoms. The maximum atomic E-state index is 12.7. The summed E-state index contributed by atoms with van der Waals surface area (Å²) >= 11 is 1.38. The fraction of sp³-hybridized carbons (Fsp3) is 0.333. The van der Waals surface area contributed by atoms with Crippen LogP contribution < -0.4 is 5.32 Å². The zero-order valence-corrected chi connectivity index (χ0v) is 10.4. The van der Waals surface area contributed by atoms with Crippen molar-refractivity contribution in [2.24, 2.45) is 0 Å². The summed E-state index contributed by atoms with van der Waals surface area (Å²) in [5.41, 5.74) is 1.11. The van der Waals surface area contributed by atoms with Gasteiger partial charge in [-0.25, -0.2) is 9.37 Å². The van der Waals surface area contributed by atoms with E-state index in [4.69, 9.17) is 0 Å². The van der Waals surface area contributed by atoms with Gasteiger partial charge in [0.2, 0.25) is 5.13 Å². The van der Waals surface area contributed by atoms with Crippen molar-refractivity contribution in [2.45, 2.75) is 19.8 Å². The number of aromatic nitrogens is 2. The summed E-state index contributed by atoms with van der Waals surface area (Å²) in [4.78, 5) is 4.31. The molecule has 0 spiro atoms. The van der Waals surface area contributed by atoms with Crippen LogP contribution >= 0.6 is 11.5 Å². The van der Waals surface area contributed by atoms with Gasteiger partial charge in [0.1, 0.15) is 11.6 Å². The first-order valence-electron chi connectivity index (χ1n) is 5.59. The van der Waals surface area contributed by atoms with Crippen LogP contribution in [0.3, 0.4) is 0 Å². The minimum absolute atomic E-state index is 0.196. The highest BCUT2D eigenvalue weighted by atomic mass is 32.1. The van der Waals surface area contributed by atoms with E-state index in [1.807, 2.05) is 6.92 Å². The van der Waals surface area contributed by atoms with Gasteiger partial charge in [-0.1, -0.05) is 19.1 Å². The van der Waals surface area contributed by atoms with Crippen LogP contribution in [0.25, 0.3) is 0 Å². The number of hydrogen-bond donors (Lipinski definition) is 1. The van der Waals surface area contributed by atoms with Gasteiger partial charge in [-0.2, -0.15) is 4.37 Å². The van der Waals surface area contributed by atoms with Gasteiger partial charge in [0.05, 0.1) is 0 Å². The molecule has 0 aliphatic carbocycles. The minimum Gasteiger partial charge on any atom is -0.360 e. The lowest BCUT2D eigenvalue weighted by Gasteiger charge is -2.02. The number of hydrogen-bond acceptors (Lipinski definition) is 4. The van der Waals surface area contributed by atoms with Crippen molar-refractivity contribution in [2.75, 3.05) is 11.9 Å². The Balaban J connectivity index is 1.81. The van der Waals surface area contributed by atoms with Gasteiger partial charge in [0.25, 0.3) is 0 Å². The van der Waals surface area contributed by atoms with Crippen LogP contribution in [0, 0.1) is 5.82 Å². The minimum atomic E-state index is -0.196. The highest BCUT2D eigenvalue weighted by molar-refractivity contribution is 7.09. The zero-order valence-electron chi connectivity index (χ0n) is 9.61. The van der Waals surface area contributed by atoms with E-state index in [-0.39, 0.29) is 5.82 Å². The summed E-state index contributed by atoms with van der Waals surface area (Å²) in [5.74, 6) is 0.678. The Kier molecular flexibility index (Phi) is 4.03. The summed E-state index contributed by atoms with van der Waals surface area (Å²) in [6, 6.07) is 6.56. The highest BCUT2D eigenvalue weighted by Crippen LogP contribution is 2.11. The first-order chi connectivity index (χ1) is 8.28. The second-order valence-corrected chi connectivity index (χ2v) is 4.42. The van der Waals surface area contributed by atoms with Crippen LogP contribution in [0.15, 0.2) is 24.3 Å². The van der Waals surface area contributed by atoms with Crippen molar-refractivity contribution in [1.29, 1.82) is 0 Å². The third-order valence-electron chi connectivity index (χ3n) is 2.39. The van der Waals surface area contributed by atoms with E-state index in [0.717, 1.165) is 35.9 Å². The predicted molar refractivity (Wildman–Crippen MR) is 67.9 cm³/mol. The molecule has 0 fully saturated rings. The lowest BCUT2D eigenvalue weighted by atomic mass is 10.1. The van der Waals surface area contributed by atoms with E-state index in [1.165, 1.54) is 23.7 Å². The van der Waals surface area contributed by atoms with Crippen molar-refractivity contribution in [1.82, 2.24) is 9.36 Å². The fourth-order valence-corrected chi connectivity index (χ4v) is 2.11. The van der Waals surface area contributed by atoms with E-state index in [0.29, 0.717) is 0 Å². The van der Waals surface area contributed by atoms with Gasteiger partial charge in [0.15, 0.2) is 0 Å². The molecule has 0 aliphatic heterocycles. The molecule has 0 saturated carbocycles. The number of nitrogens with one attached hydrogen (secondary N) is 1. The molecule has 0 unspecified atom stereocenters. The topological polar surface area (TPSA) is 37.8 Å². The van der Waals surface area contributed by atoms with Crippen molar-refractivity contribution in [3.63, 3.8) is 0 Å². The van der Waals surface area contributed by atoms with Crippen LogP contribution in [0.5, 0.6) is 0 Å². The van der Waals surface area contributed by atoms with E-state index in [9.17, 15) is 4.39 Å². The summed E-state index contributed by atoms with van der Waals surface area (Å²) in [6.07, 6.45) is 1.71. The van der Waals surface area contributed by atoms with E-state index in [2.05, 4.69) is 14.7 Å². The second-order valence-electron chi connectivity index (χ2n) is 3.67. The summed E-state index contributed by atoms with van der Waals surface area (Å²) < 4.78 is 16.9. The molecule has 2 aromatic rings. The van der Waals surface area contributed by atoms with Crippen LogP contribution in [0.4, 0.5) is 9.52 Å². The third-order valence-corrected chi connectivity index (χ3v) is 3.10. The highest BCUT2D eigenvalue weighted by Gasteiger charge is 2.01. The smallest absolute Gasteiger partial charge is 0.202 e. The largest absolute Gasteiger partial charge is 0.360 e. The first kappa shape index (κ1) is 12.0. The number of benzene rings is 1. The Hall–Kier alpha value is -1.49. The van der Waals surface area contributed by atoms with Crippen LogP contribution in [0.1, 0.15) is 18.3 Å². The van der Waals surface area contributed by atoms with E-state index in [1.54, 1.807) is 12.1 Å². The average molecular weight is 251 g/mol. The molecular formula is C12H14FN3S. The number of halogens is 1. The molecule has 1 heterocycles.